The fourth-order valence-electron chi connectivity index (χ4n) is 3.84. The second-order valence-corrected chi connectivity index (χ2v) is 6.60. The van der Waals surface area contributed by atoms with E-state index in [1.54, 1.807) is 4.57 Å². The van der Waals surface area contributed by atoms with Crippen LogP contribution in [0.3, 0.4) is 0 Å². The maximum atomic E-state index is 13.6. The summed E-state index contributed by atoms with van der Waals surface area (Å²) in [7, 11) is 0. The average molecular weight is 387 g/mol. The minimum atomic E-state index is -3.11. The van der Waals surface area contributed by atoms with Gasteiger partial charge in [0, 0.05) is 30.8 Å². The Morgan fingerprint density at radius 1 is 1.15 bits per heavy atom. The third-order valence-corrected chi connectivity index (χ3v) is 4.94. The molecule has 0 amide bonds. The lowest BCUT2D eigenvalue weighted by atomic mass is 9.83. The minimum absolute atomic E-state index is 0. The van der Waals surface area contributed by atoms with Crippen LogP contribution in [0, 0.1) is 11.7 Å². The summed E-state index contributed by atoms with van der Waals surface area (Å²) in [6, 6.07) is 7.11. The number of piperidine rings is 1. The molecule has 2 aliphatic heterocycles. The fourth-order valence-corrected chi connectivity index (χ4v) is 3.84. The van der Waals surface area contributed by atoms with Gasteiger partial charge < -0.3 is 14.6 Å². The summed E-state index contributed by atoms with van der Waals surface area (Å²) >= 11 is 0. The van der Waals surface area contributed by atoms with Gasteiger partial charge in [-0.2, -0.15) is 8.78 Å². The Hall–Kier alpha value is -1.99. The number of nitrogens with one attached hydrogen (secondary N) is 1. The molecule has 2 bridgehead atoms. The smallest absolute Gasteiger partial charge is 0.387 e. The van der Waals surface area contributed by atoms with Gasteiger partial charge in [-0.05, 0) is 48.2 Å². The molecule has 8 heteroatoms. The van der Waals surface area contributed by atoms with Gasteiger partial charge in [-0.25, -0.2) is 4.39 Å². The van der Waals surface area contributed by atoms with E-state index in [4.69, 9.17) is 0 Å². The van der Waals surface area contributed by atoms with Gasteiger partial charge >= 0.3 is 6.61 Å². The molecule has 4 rings (SSSR count). The van der Waals surface area contributed by atoms with Gasteiger partial charge in [0.2, 0.25) is 0 Å². The van der Waals surface area contributed by atoms with Crippen molar-refractivity contribution in [2.45, 2.75) is 25.5 Å². The third-order valence-electron chi connectivity index (χ3n) is 4.94. The summed E-state index contributed by atoms with van der Waals surface area (Å²) < 4.78 is 44.5. The normalized spacial score (nSPS) is 21.1. The van der Waals surface area contributed by atoms with Crippen LogP contribution in [0.4, 0.5) is 13.2 Å². The monoisotopic (exact) mass is 386 g/mol. The molecule has 0 spiro atoms. The zero-order chi connectivity index (χ0) is 17.6. The summed E-state index contributed by atoms with van der Waals surface area (Å²) in [5.74, 6) is -0.688. The molecular formula is C18H18ClF3N2O2. The van der Waals surface area contributed by atoms with Crippen molar-refractivity contribution in [3.63, 3.8) is 0 Å². The van der Waals surface area contributed by atoms with Crippen LogP contribution in [0.5, 0.6) is 5.75 Å². The number of halogens is 4. The summed E-state index contributed by atoms with van der Waals surface area (Å²) in [6.45, 7) is -0.704. The number of ether oxygens (including phenoxy) is 1. The van der Waals surface area contributed by atoms with E-state index >= 15 is 0 Å². The summed E-state index contributed by atoms with van der Waals surface area (Å²) in [5, 5.41) is 3.38. The lowest BCUT2D eigenvalue weighted by molar-refractivity contribution is -0.0521. The summed E-state index contributed by atoms with van der Waals surface area (Å²) in [5.41, 5.74) is 1.87. The molecule has 0 radical (unpaired) electrons. The highest BCUT2D eigenvalue weighted by Gasteiger charge is 2.31. The molecule has 2 aromatic rings. The molecule has 3 heterocycles. The second kappa shape index (κ2) is 7.32. The number of hydrogen-bond donors (Lipinski definition) is 1. The summed E-state index contributed by atoms with van der Waals surface area (Å²) in [4.78, 5) is 12.5. The van der Waals surface area contributed by atoms with Crippen molar-refractivity contribution in [2.24, 2.45) is 5.92 Å². The van der Waals surface area contributed by atoms with E-state index < -0.39 is 18.2 Å². The number of benzene rings is 1. The Labute approximate surface area is 154 Å². The van der Waals surface area contributed by atoms with E-state index in [-0.39, 0.29) is 23.9 Å². The highest BCUT2D eigenvalue weighted by Crippen LogP contribution is 2.34. The molecular weight excluding hydrogens is 369 g/mol. The molecule has 1 aromatic heterocycles. The second-order valence-electron chi connectivity index (χ2n) is 6.60. The zero-order valence-corrected chi connectivity index (χ0v) is 14.6. The van der Waals surface area contributed by atoms with Crippen molar-refractivity contribution < 1.29 is 17.9 Å². The average Bonchev–Trinajstić information content (AvgIpc) is 2.57. The molecule has 1 saturated heterocycles. The molecule has 2 atom stereocenters. The van der Waals surface area contributed by atoms with Gasteiger partial charge in [0.05, 0.1) is 0 Å². The predicted octanol–water partition coefficient (Wildman–Crippen LogP) is 3.38. The van der Waals surface area contributed by atoms with Crippen molar-refractivity contribution in [1.29, 1.82) is 0 Å². The molecule has 1 fully saturated rings. The van der Waals surface area contributed by atoms with E-state index in [1.807, 2.05) is 6.07 Å². The lowest BCUT2D eigenvalue weighted by Crippen LogP contribution is -2.44. The van der Waals surface area contributed by atoms with Gasteiger partial charge in [-0.1, -0.05) is 6.07 Å². The molecule has 0 aliphatic carbocycles. The Kier molecular flexibility index (Phi) is 5.29. The molecule has 140 valence electrons. The topological polar surface area (TPSA) is 43.3 Å². The first-order chi connectivity index (χ1) is 12.0. The number of aromatic nitrogens is 1. The van der Waals surface area contributed by atoms with Crippen LogP contribution in [-0.4, -0.2) is 24.3 Å². The Balaban J connectivity index is 0.00000196. The molecule has 0 saturated carbocycles. The van der Waals surface area contributed by atoms with Crippen LogP contribution in [0.15, 0.2) is 35.1 Å². The molecule has 26 heavy (non-hydrogen) atoms. The van der Waals surface area contributed by atoms with Crippen molar-refractivity contribution in [2.75, 3.05) is 13.1 Å². The third kappa shape index (κ3) is 3.46. The van der Waals surface area contributed by atoms with Gasteiger partial charge in [-0.3, -0.25) is 4.79 Å². The van der Waals surface area contributed by atoms with E-state index in [0.29, 0.717) is 23.6 Å². The SMILES string of the molecule is Cl.O=c1cc(-c2ccc(F)c(OC(F)F)c2)cc2n1C[C@@H]1CNC[C@H]2C1. The van der Waals surface area contributed by atoms with Crippen LogP contribution >= 0.6 is 12.4 Å². The van der Waals surface area contributed by atoms with Crippen molar-refractivity contribution in [1.82, 2.24) is 9.88 Å². The van der Waals surface area contributed by atoms with E-state index in [0.717, 1.165) is 31.3 Å². The quantitative estimate of drug-likeness (QED) is 0.879. The van der Waals surface area contributed by atoms with Crippen molar-refractivity contribution in [3.05, 3.63) is 52.2 Å². The maximum Gasteiger partial charge on any atom is 0.387 e. The number of alkyl halides is 2. The van der Waals surface area contributed by atoms with Crippen LogP contribution in [0.2, 0.25) is 0 Å². The first-order valence-electron chi connectivity index (χ1n) is 8.21. The molecule has 1 N–H and O–H groups in total. The Morgan fingerprint density at radius 3 is 2.73 bits per heavy atom. The highest BCUT2D eigenvalue weighted by molar-refractivity contribution is 5.85. The number of nitrogens with zero attached hydrogens (tertiary/aromatic N) is 1. The maximum absolute atomic E-state index is 13.6. The largest absolute Gasteiger partial charge is 0.432 e. The standard InChI is InChI=1S/C18H17F3N2O2.ClH/c19-14-2-1-11(5-16(14)25-18(20)21)12-4-15-13-3-10(7-22-8-13)9-23(15)17(24)6-12;/h1-2,4-6,10,13,18,22H,3,7-9H2;1H/t10-,13+;/m0./s1. The predicted molar refractivity (Wildman–Crippen MR) is 93.7 cm³/mol. The van der Waals surface area contributed by atoms with E-state index in [2.05, 4.69) is 10.1 Å². The lowest BCUT2D eigenvalue weighted by Gasteiger charge is -2.37. The van der Waals surface area contributed by atoms with Crippen LogP contribution in [0.25, 0.3) is 11.1 Å². The first-order valence-corrected chi connectivity index (χ1v) is 8.21. The molecule has 0 unspecified atom stereocenters. The van der Waals surface area contributed by atoms with Crippen molar-refractivity contribution >= 4 is 12.4 Å². The first kappa shape index (κ1) is 18.8. The van der Waals surface area contributed by atoms with Crippen LogP contribution < -0.4 is 15.6 Å². The summed E-state index contributed by atoms with van der Waals surface area (Å²) in [6.07, 6.45) is 1.03. The number of pyridine rings is 1. The van der Waals surface area contributed by atoms with Gasteiger partial charge in [0.25, 0.3) is 5.56 Å². The minimum Gasteiger partial charge on any atom is -0.432 e. The Morgan fingerprint density at radius 2 is 1.96 bits per heavy atom. The molecule has 1 aromatic carbocycles. The highest BCUT2D eigenvalue weighted by atomic mass is 35.5. The number of rotatable bonds is 3. The Bertz CT molecular complexity index is 872. The molecule has 2 aliphatic rings. The van der Waals surface area contributed by atoms with Crippen LogP contribution in [-0.2, 0) is 6.54 Å². The van der Waals surface area contributed by atoms with Crippen LogP contribution in [0.1, 0.15) is 18.0 Å². The number of fused-ring (bicyclic) bond motifs is 4. The molecule has 4 nitrogen and oxygen atoms in total. The fraction of sp³-hybridized carbons (Fsp3) is 0.389. The van der Waals surface area contributed by atoms with E-state index in [9.17, 15) is 18.0 Å². The zero-order valence-electron chi connectivity index (χ0n) is 13.8. The van der Waals surface area contributed by atoms with E-state index in [1.165, 1.54) is 18.2 Å². The van der Waals surface area contributed by atoms with Gasteiger partial charge in [-0.15, -0.1) is 12.4 Å². The number of hydrogen-bond acceptors (Lipinski definition) is 3. The van der Waals surface area contributed by atoms with Gasteiger partial charge in [0.1, 0.15) is 0 Å². The van der Waals surface area contributed by atoms with Gasteiger partial charge in [0.15, 0.2) is 11.6 Å². The van der Waals surface area contributed by atoms with Crippen molar-refractivity contribution in [3.8, 4) is 16.9 Å².